The van der Waals surface area contributed by atoms with Crippen LogP contribution in [0.5, 0.6) is 0 Å². The van der Waals surface area contributed by atoms with Gasteiger partial charge in [-0.15, -0.1) is 0 Å². The Morgan fingerprint density at radius 1 is 1.08 bits per heavy atom. The number of fused-ring (bicyclic) bond motifs is 3. The molecule has 0 radical (unpaired) electrons. The zero-order valence-corrected chi connectivity index (χ0v) is 14.9. The normalized spacial score (nSPS) is 23.0. The van der Waals surface area contributed by atoms with E-state index in [0.717, 1.165) is 43.2 Å². The third-order valence-electron chi connectivity index (χ3n) is 5.41. The van der Waals surface area contributed by atoms with Gasteiger partial charge in [0.2, 0.25) is 9.84 Å². The van der Waals surface area contributed by atoms with Crippen molar-refractivity contribution in [3.05, 3.63) is 53.8 Å². The summed E-state index contributed by atoms with van der Waals surface area (Å²) in [5.41, 5.74) is 2.20. The van der Waals surface area contributed by atoms with Gasteiger partial charge in [0, 0.05) is 24.7 Å². The average Bonchev–Trinajstić information content (AvgIpc) is 2.77. The number of hydrogen-bond donors (Lipinski definition) is 1. The number of likely N-dealkylation sites (N-methyl/N-ethyl adjacent to an activating group) is 1. The van der Waals surface area contributed by atoms with Gasteiger partial charge in [0.15, 0.2) is 0 Å². The Labute approximate surface area is 147 Å². The summed E-state index contributed by atoms with van der Waals surface area (Å²) in [6.07, 6.45) is 2.04. The molecule has 4 rings (SSSR count). The van der Waals surface area contributed by atoms with Crippen LogP contribution in [0.4, 0.5) is 10.1 Å². The van der Waals surface area contributed by atoms with Gasteiger partial charge in [0.1, 0.15) is 5.82 Å². The van der Waals surface area contributed by atoms with E-state index < -0.39 is 15.7 Å². The Hall–Kier alpha value is -1.92. The van der Waals surface area contributed by atoms with Crippen molar-refractivity contribution >= 4 is 15.5 Å². The third-order valence-corrected chi connectivity index (χ3v) is 7.16. The van der Waals surface area contributed by atoms with Gasteiger partial charge < -0.3 is 10.2 Å². The smallest absolute Gasteiger partial charge is 0.206 e. The number of nitrogens with one attached hydrogen (secondary N) is 1. The molecule has 2 aromatic carbocycles. The first kappa shape index (κ1) is 16.5. The van der Waals surface area contributed by atoms with Crippen LogP contribution in [-0.2, 0) is 9.84 Å². The molecule has 6 heteroatoms. The van der Waals surface area contributed by atoms with Crippen LogP contribution in [-0.4, -0.2) is 34.6 Å². The van der Waals surface area contributed by atoms with E-state index in [-0.39, 0.29) is 9.79 Å². The lowest BCUT2D eigenvalue weighted by molar-refractivity contribution is 0.531. The number of sulfone groups is 1. The molecule has 0 spiro atoms. The summed E-state index contributed by atoms with van der Waals surface area (Å²) in [6, 6.07) is 10.9. The molecule has 25 heavy (non-hydrogen) atoms. The van der Waals surface area contributed by atoms with Crippen LogP contribution in [0.1, 0.15) is 24.3 Å². The van der Waals surface area contributed by atoms with Gasteiger partial charge >= 0.3 is 0 Å². The number of rotatable bonds is 2. The van der Waals surface area contributed by atoms with Gasteiger partial charge in [-0.05, 0) is 67.9 Å². The second-order valence-electron chi connectivity index (χ2n) is 6.79. The zero-order chi connectivity index (χ0) is 17.6. The lowest BCUT2D eigenvalue weighted by Crippen LogP contribution is -2.30. The quantitative estimate of drug-likeness (QED) is 0.895. The van der Waals surface area contributed by atoms with Crippen LogP contribution in [0, 0.1) is 5.82 Å². The van der Waals surface area contributed by atoms with Crippen LogP contribution in [0.2, 0.25) is 0 Å². The lowest BCUT2D eigenvalue weighted by Gasteiger charge is -2.24. The van der Waals surface area contributed by atoms with E-state index in [1.54, 1.807) is 12.1 Å². The number of benzene rings is 2. The molecule has 1 fully saturated rings. The summed E-state index contributed by atoms with van der Waals surface area (Å²) in [7, 11) is -1.64. The molecule has 1 N–H and O–H groups in total. The highest BCUT2D eigenvalue weighted by atomic mass is 32.2. The number of nitrogens with zero attached hydrogens (tertiary/aromatic N) is 1. The van der Waals surface area contributed by atoms with Crippen LogP contribution < -0.4 is 10.2 Å². The standard InChI is InChI=1S/C19H21FN2O2S/c1-22-18-6-5-15(25(23,24)14-4-2-3-13(20)11-14)12-17(18)16-7-9-21-10-8-19(16)22/h2-6,11-12,16,19,21H,7-10H2,1H3/t16?,19-/m0/s1. The average molecular weight is 360 g/mol. The maximum atomic E-state index is 13.5. The Morgan fingerprint density at radius 3 is 2.64 bits per heavy atom. The van der Waals surface area contributed by atoms with Crippen molar-refractivity contribution in [2.24, 2.45) is 0 Å². The van der Waals surface area contributed by atoms with Crippen molar-refractivity contribution in [3.63, 3.8) is 0 Å². The molecule has 0 aromatic heterocycles. The van der Waals surface area contributed by atoms with Gasteiger partial charge in [-0.3, -0.25) is 0 Å². The predicted molar refractivity (Wildman–Crippen MR) is 95.3 cm³/mol. The largest absolute Gasteiger partial charge is 0.371 e. The summed E-state index contributed by atoms with van der Waals surface area (Å²) >= 11 is 0. The molecular formula is C19H21FN2O2S. The van der Waals surface area contributed by atoms with E-state index in [1.807, 2.05) is 6.07 Å². The number of anilines is 1. The predicted octanol–water partition coefficient (Wildman–Crippen LogP) is 2.94. The highest BCUT2D eigenvalue weighted by Crippen LogP contribution is 2.44. The second-order valence-corrected chi connectivity index (χ2v) is 8.74. The fourth-order valence-corrected chi connectivity index (χ4v) is 5.45. The van der Waals surface area contributed by atoms with Crippen molar-refractivity contribution in [2.45, 2.75) is 34.6 Å². The van der Waals surface area contributed by atoms with E-state index in [1.165, 1.54) is 18.2 Å². The fraction of sp³-hybridized carbons (Fsp3) is 0.368. The molecule has 2 heterocycles. The molecule has 0 amide bonds. The molecule has 2 aromatic rings. The molecule has 1 saturated heterocycles. The highest BCUT2D eigenvalue weighted by Gasteiger charge is 2.37. The van der Waals surface area contributed by atoms with Gasteiger partial charge in [-0.2, -0.15) is 0 Å². The molecule has 4 nitrogen and oxygen atoms in total. The van der Waals surface area contributed by atoms with Gasteiger partial charge in [0.25, 0.3) is 0 Å². The van der Waals surface area contributed by atoms with Gasteiger partial charge in [-0.1, -0.05) is 6.07 Å². The van der Waals surface area contributed by atoms with Gasteiger partial charge in [0.05, 0.1) is 9.79 Å². The highest BCUT2D eigenvalue weighted by molar-refractivity contribution is 7.91. The van der Waals surface area contributed by atoms with E-state index in [2.05, 4.69) is 17.3 Å². The summed E-state index contributed by atoms with van der Waals surface area (Å²) in [4.78, 5) is 2.51. The van der Waals surface area contributed by atoms with E-state index in [4.69, 9.17) is 0 Å². The molecule has 0 aliphatic carbocycles. The first-order valence-electron chi connectivity index (χ1n) is 8.56. The van der Waals surface area contributed by atoms with E-state index >= 15 is 0 Å². The van der Waals surface area contributed by atoms with Crippen molar-refractivity contribution in [1.29, 1.82) is 0 Å². The molecular weight excluding hydrogens is 339 g/mol. The molecule has 2 aliphatic heterocycles. The molecule has 0 saturated carbocycles. The van der Waals surface area contributed by atoms with Crippen LogP contribution >= 0.6 is 0 Å². The molecule has 0 bridgehead atoms. The Kier molecular flexibility index (Phi) is 4.04. The van der Waals surface area contributed by atoms with Crippen molar-refractivity contribution in [1.82, 2.24) is 5.32 Å². The Bertz CT molecular complexity index is 913. The minimum Gasteiger partial charge on any atom is -0.371 e. The third kappa shape index (κ3) is 2.73. The maximum absolute atomic E-state index is 13.5. The Morgan fingerprint density at radius 2 is 1.84 bits per heavy atom. The minimum atomic E-state index is -3.72. The Balaban J connectivity index is 1.78. The molecule has 2 atom stereocenters. The maximum Gasteiger partial charge on any atom is 0.206 e. The van der Waals surface area contributed by atoms with Crippen molar-refractivity contribution < 1.29 is 12.8 Å². The summed E-state index contributed by atoms with van der Waals surface area (Å²) in [5.74, 6) is -0.213. The SMILES string of the molecule is CN1c2ccc(S(=O)(=O)c3cccc(F)c3)cc2C2CCNCC[C@@H]21. The minimum absolute atomic E-state index is 0.00196. The van der Waals surface area contributed by atoms with E-state index in [0.29, 0.717) is 12.0 Å². The fourth-order valence-electron chi connectivity index (χ4n) is 4.12. The second kappa shape index (κ2) is 6.11. The van der Waals surface area contributed by atoms with Crippen LogP contribution in [0.3, 0.4) is 0 Å². The zero-order valence-electron chi connectivity index (χ0n) is 14.1. The van der Waals surface area contributed by atoms with E-state index in [9.17, 15) is 12.8 Å². The van der Waals surface area contributed by atoms with Crippen LogP contribution in [0.25, 0.3) is 0 Å². The first-order chi connectivity index (χ1) is 12.0. The van der Waals surface area contributed by atoms with Crippen molar-refractivity contribution in [2.75, 3.05) is 25.0 Å². The lowest BCUT2D eigenvalue weighted by atomic mass is 9.91. The topological polar surface area (TPSA) is 49.4 Å². The summed E-state index contributed by atoms with van der Waals surface area (Å²) < 4.78 is 39.3. The molecule has 2 aliphatic rings. The number of hydrogen-bond acceptors (Lipinski definition) is 4. The molecule has 1 unspecified atom stereocenters. The van der Waals surface area contributed by atoms with Gasteiger partial charge in [-0.25, -0.2) is 12.8 Å². The van der Waals surface area contributed by atoms with Crippen LogP contribution in [0.15, 0.2) is 52.3 Å². The van der Waals surface area contributed by atoms with Crippen molar-refractivity contribution in [3.8, 4) is 0 Å². The first-order valence-corrected chi connectivity index (χ1v) is 10.0. The summed E-state index contributed by atoms with van der Waals surface area (Å²) in [5, 5.41) is 3.42. The monoisotopic (exact) mass is 360 g/mol. The number of halogens is 1. The summed E-state index contributed by atoms with van der Waals surface area (Å²) in [6.45, 7) is 1.92. The molecule has 132 valence electrons.